The van der Waals surface area contributed by atoms with Crippen molar-refractivity contribution < 1.29 is 5.11 Å². The molecule has 3 atom stereocenters. The number of aliphatic hydroxyl groups is 1. The maximum Gasteiger partial charge on any atom is 0.0597 e. The Hall–Kier alpha value is -0.120. The maximum absolute atomic E-state index is 9.42. The van der Waals surface area contributed by atoms with Gasteiger partial charge in [-0.25, -0.2) is 0 Å². The molecule has 2 fully saturated rings. The van der Waals surface area contributed by atoms with Crippen molar-refractivity contribution in [1.29, 1.82) is 0 Å². The molecule has 0 radical (unpaired) electrons. The summed E-state index contributed by atoms with van der Waals surface area (Å²) in [6.07, 6.45) is 8.19. The van der Waals surface area contributed by atoms with Crippen molar-refractivity contribution in [3.63, 3.8) is 0 Å². The minimum atomic E-state index is 0.272. The standard InChI is InChI=1S/C14H28N2O/c1-2-8-15-13(11-17)10-16-9-7-12-5-3-4-6-14(12)16/h12-15,17H,2-11H2,1H3. The molecule has 0 amide bonds. The first kappa shape index (κ1) is 13.3. The molecule has 1 aliphatic carbocycles. The van der Waals surface area contributed by atoms with E-state index in [1.165, 1.54) is 38.6 Å². The first-order chi connectivity index (χ1) is 8.35. The van der Waals surface area contributed by atoms with E-state index in [0.717, 1.165) is 31.5 Å². The molecule has 1 aliphatic heterocycles. The normalized spacial score (nSPS) is 31.4. The Labute approximate surface area is 106 Å². The summed E-state index contributed by atoms with van der Waals surface area (Å²) in [5, 5.41) is 12.9. The van der Waals surface area contributed by atoms with Gasteiger partial charge in [0.15, 0.2) is 0 Å². The van der Waals surface area contributed by atoms with Crippen molar-refractivity contribution >= 4 is 0 Å². The monoisotopic (exact) mass is 240 g/mol. The lowest BCUT2D eigenvalue weighted by Gasteiger charge is -2.33. The first-order valence-corrected chi connectivity index (χ1v) is 7.43. The molecular weight excluding hydrogens is 212 g/mol. The van der Waals surface area contributed by atoms with Gasteiger partial charge >= 0.3 is 0 Å². The van der Waals surface area contributed by atoms with Crippen LogP contribution in [0.3, 0.4) is 0 Å². The number of nitrogens with zero attached hydrogens (tertiary/aromatic N) is 1. The maximum atomic E-state index is 9.42. The third-order valence-corrected chi connectivity index (χ3v) is 4.48. The fourth-order valence-corrected chi connectivity index (χ4v) is 3.55. The van der Waals surface area contributed by atoms with Gasteiger partial charge in [-0.1, -0.05) is 19.8 Å². The van der Waals surface area contributed by atoms with E-state index in [-0.39, 0.29) is 12.6 Å². The SMILES string of the molecule is CCCNC(CO)CN1CCC2CCCCC21. The van der Waals surface area contributed by atoms with Crippen molar-refractivity contribution in [3.05, 3.63) is 0 Å². The molecule has 0 bridgehead atoms. The van der Waals surface area contributed by atoms with Crippen molar-refractivity contribution in [1.82, 2.24) is 10.2 Å². The van der Waals surface area contributed by atoms with Crippen LogP contribution >= 0.6 is 0 Å². The summed E-state index contributed by atoms with van der Waals surface area (Å²) in [6, 6.07) is 1.09. The average molecular weight is 240 g/mol. The smallest absolute Gasteiger partial charge is 0.0597 e. The number of rotatable bonds is 6. The molecule has 2 N–H and O–H groups in total. The zero-order valence-electron chi connectivity index (χ0n) is 11.2. The summed E-state index contributed by atoms with van der Waals surface area (Å²) in [4.78, 5) is 2.63. The van der Waals surface area contributed by atoms with Crippen LogP contribution in [0.15, 0.2) is 0 Å². The Morgan fingerprint density at radius 1 is 1.29 bits per heavy atom. The summed E-state index contributed by atoms with van der Waals surface area (Å²) in [6.45, 7) is 5.76. The molecule has 1 saturated heterocycles. The molecule has 3 nitrogen and oxygen atoms in total. The number of likely N-dealkylation sites (tertiary alicyclic amines) is 1. The van der Waals surface area contributed by atoms with Crippen molar-refractivity contribution in [2.75, 3.05) is 26.2 Å². The lowest BCUT2D eigenvalue weighted by atomic mass is 9.85. The lowest BCUT2D eigenvalue weighted by molar-refractivity contribution is 0.142. The zero-order chi connectivity index (χ0) is 12.1. The highest BCUT2D eigenvalue weighted by atomic mass is 16.3. The predicted molar refractivity (Wildman–Crippen MR) is 71.1 cm³/mol. The number of hydrogen-bond acceptors (Lipinski definition) is 3. The molecule has 2 rings (SSSR count). The molecule has 0 spiro atoms. The number of nitrogens with one attached hydrogen (secondary N) is 1. The second kappa shape index (κ2) is 6.72. The van der Waals surface area contributed by atoms with E-state index in [1.807, 2.05) is 0 Å². The minimum Gasteiger partial charge on any atom is -0.395 e. The molecule has 17 heavy (non-hydrogen) atoms. The zero-order valence-corrected chi connectivity index (χ0v) is 11.2. The van der Waals surface area contributed by atoms with Gasteiger partial charge in [-0.3, -0.25) is 4.90 Å². The quantitative estimate of drug-likeness (QED) is 0.740. The van der Waals surface area contributed by atoms with E-state index in [0.29, 0.717) is 0 Å². The number of hydrogen-bond donors (Lipinski definition) is 2. The van der Waals surface area contributed by atoms with Crippen molar-refractivity contribution in [3.8, 4) is 0 Å². The molecule has 0 aromatic heterocycles. The van der Waals surface area contributed by atoms with E-state index in [2.05, 4.69) is 17.1 Å². The van der Waals surface area contributed by atoms with Gasteiger partial charge < -0.3 is 10.4 Å². The molecule has 1 saturated carbocycles. The molecule has 2 aliphatic rings. The summed E-state index contributed by atoms with van der Waals surface area (Å²) in [5.41, 5.74) is 0. The Kier molecular flexibility index (Phi) is 5.26. The van der Waals surface area contributed by atoms with Gasteiger partial charge in [-0.15, -0.1) is 0 Å². The molecule has 0 aromatic rings. The summed E-state index contributed by atoms with van der Waals surface area (Å²) in [5.74, 6) is 0.953. The highest BCUT2D eigenvalue weighted by Gasteiger charge is 2.36. The number of aliphatic hydroxyl groups excluding tert-OH is 1. The highest BCUT2D eigenvalue weighted by Crippen LogP contribution is 2.35. The molecule has 3 unspecified atom stereocenters. The van der Waals surface area contributed by atoms with Crippen LogP contribution in [-0.4, -0.2) is 48.3 Å². The second-order valence-electron chi connectivity index (χ2n) is 5.73. The molecule has 1 heterocycles. The third kappa shape index (κ3) is 3.43. The van der Waals surface area contributed by atoms with Crippen molar-refractivity contribution in [2.45, 2.75) is 57.5 Å². The Morgan fingerprint density at radius 3 is 2.88 bits per heavy atom. The van der Waals surface area contributed by atoms with Gasteiger partial charge in [0, 0.05) is 18.6 Å². The summed E-state index contributed by atoms with van der Waals surface area (Å²) in [7, 11) is 0. The van der Waals surface area contributed by atoms with Gasteiger partial charge in [0.1, 0.15) is 0 Å². The number of fused-ring (bicyclic) bond motifs is 1. The average Bonchev–Trinajstić information content (AvgIpc) is 2.78. The first-order valence-electron chi connectivity index (χ1n) is 7.43. The van der Waals surface area contributed by atoms with Crippen LogP contribution in [0.1, 0.15) is 45.4 Å². The van der Waals surface area contributed by atoms with E-state index < -0.39 is 0 Å². The van der Waals surface area contributed by atoms with Gasteiger partial charge in [0.05, 0.1) is 6.61 Å². The summed E-state index contributed by atoms with van der Waals surface area (Å²) >= 11 is 0. The van der Waals surface area contributed by atoms with Crippen LogP contribution < -0.4 is 5.32 Å². The fraction of sp³-hybridized carbons (Fsp3) is 1.00. The molecule has 0 aromatic carbocycles. The Morgan fingerprint density at radius 2 is 2.12 bits per heavy atom. The topological polar surface area (TPSA) is 35.5 Å². The van der Waals surface area contributed by atoms with Crippen LogP contribution in [0.5, 0.6) is 0 Å². The minimum absolute atomic E-state index is 0.272. The van der Waals surface area contributed by atoms with Crippen LogP contribution in [0.4, 0.5) is 0 Å². The van der Waals surface area contributed by atoms with E-state index >= 15 is 0 Å². The predicted octanol–water partition coefficient (Wildman–Crippen LogP) is 1.61. The largest absolute Gasteiger partial charge is 0.395 e. The van der Waals surface area contributed by atoms with Gasteiger partial charge in [-0.2, -0.15) is 0 Å². The van der Waals surface area contributed by atoms with Crippen LogP contribution in [0.25, 0.3) is 0 Å². The highest BCUT2D eigenvalue weighted by molar-refractivity contribution is 4.91. The fourth-order valence-electron chi connectivity index (χ4n) is 3.55. The van der Waals surface area contributed by atoms with Crippen LogP contribution in [-0.2, 0) is 0 Å². The Bertz CT molecular complexity index is 222. The molecular formula is C14H28N2O. The van der Waals surface area contributed by atoms with Crippen LogP contribution in [0.2, 0.25) is 0 Å². The van der Waals surface area contributed by atoms with Gasteiger partial charge in [-0.05, 0) is 44.7 Å². The Balaban J connectivity index is 1.80. The van der Waals surface area contributed by atoms with E-state index in [9.17, 15) is 5.11 Å². The van der Waals surface area contributed by atoms with Crippen molar-refractivity contribution in [2.24, 2.45) is 5.92 Å². The van der Waals surface area contributed by atoms with Crippen LogP contribution in [0, 0.1) is 5.92 Å². The third-order valence-electron chi connectivity index (χ3n) is 4.48. The van der Waals surface area contributed by atoms with Gasteiger partial charge in [0.25, 0.3) is 0 Å². The lowest BCUT2D eigenvalue weighted by Crippen LogP contribution is -2.46. The molecule has 100 valence electrons. The summed E-state index contributed by atoms with van der Waals surface area (Å²) < 4.78 is 0. The van der Waals surface area contributed by atoms with E-state index in [4.69, 9.17) is 0 Å². The van der Waals surface area contributed by atoms with Gasteiger partial charge in [0.2, 0.25) is 0 Å². The molecule has 3 heteroatoms. The van der Waals surface area contributed by atoms with E-state index in [1.54, 1.807) is 0 Å². The second-order valence-corrected chi connectivity index (χ2v) is 5.73.